The van der Waals surface area contributed by atoms with E-state index >= 15 is 0 Å². The van der Waals surface area contributed by atoms with Gasteiger partial charge >= 0.3 is 0 Å². The molecule has 0 bridgehead atoms. The highest BCUT2D eigenvalue weighted by molar-refractivity contribution is 9.10. The van der Waals surface area contributed by atoms with E-state index in [9.17, 15) is 14.5 Å². The minimum atomic E-state index is -0.559. The van der Waals surface area contributed by atoms with Crippen LogP contribution in [0.15, 0.2) is 40.9 Å². The fourth-order valence-electron chi connectivity index (χ4n) is 1.62. The SMILES string of the molecule is O=[N+]([O-])c1cc(Br)cc(Oc2cc(F)cc(CO)c2)c1. The van der Waals surface area contributed by atoms with Crippen LogP contribution in [0.1, 0.15) is 5.56 Å². The summed E-state index contributed by atoms with van der Waals surface area (Å²) >= 11 is 3.14. The van der Waals surface area contributed by atoms with Gasteiger partial charge in [0.2, 0.25) is 0 Å². The van der Waals surface area contributed by atoms with Gasteiger partial charge in [0.05, 0.1) is 17.6 Å². The lowest BCUT2D eigenvalue weighted by atomic mass is 10.2. The monoisotopic (exact) mass is 341 g/mol. The minimum Gasteiger partial charge on any atom is -0.457 e. The summed E-state index contributed by atoms with van der Waals surface area (Å²) in [5.74, 6) is -0.210. The highest BCUT2D eigenvalue weighted by Gasteiger charge is 2.11. The van der Waals surface area contributed by atoms with E-state index < -0.39 is 10.7 Å². The van der Waals surface area contributed by atoms with Crippen LogP contribution in [0.2, 0.25) is 0 Å². The Morgan fingerprint density at radius 3 is 2.55 bits per heavy atom. The highest BCUT2D eigenvalue weighted by Crippen LogP contribution is 2.30. The normalized spacial score (nSPS) is 10.3. The Kier molecular flexibility index (Phi) is 4.31. The van der Waals surface area contributed by atoms with Crippen molar-refractivity contribution < 1.29 is 19.2 Å². The fourth-order valence-corrected chi connectivity index (χ4v) is 2.08. The largest absolute Gasteiger partial charge is 0.457 e. The first kappa shape index (κ1) is 14.4. The van der Waals surface area contributed by atoms with E-state index in [0.29, 0.717) is 10.0 Å². The van der Waals surface area contributed by atoms with Crippen LogP contribution < -0.4 is 4.74 Å². The maximum Gasteiger partial charge on any atom is 0.274 e. The van der Waals surface area contributed by atoms with Crippen molar-refractivity contribution in [3.05, 3.63) is 62.4 Å². The van der Waals surface area contributed by atoms with Crippen molar-refractivity contribution >= 4 is 21.6 Å². The zero-order valence-electron chi connectivity index (χ0n) is 10.0. The fraction of sp³-hybridized carbons (Fsp3) is 0.0769. The van der Waals surface area contributed by atoms with Crippen LogP contribution in [-0.4, -0.2) is 10.0 Å². The number of nitro groups is 1. The van der Waals surface area contributed by atoms with Crippen LogP contribution in [0.4, 0.5) is 10.1 Å². The summed E-state index contributed by atoms with van der Waals surface area (Å²) in [6.45, 7) is -0.327. The number of non-ortho nitro benzene ring substituents is 1. The molecule has 0 radical (unpaired) electrons. The lowest BCUT2D eigenvalue weighted by molar-refractivity contribution is -0.385. The molecular weight excluding hydrogens is 333 g/mol. The Morgan fingerprint density at radius 2 is 1.90 bits per heavy atom. The number of ether oxygens (including phenoxy) is 1. The number of hydrogen-bond donors (Lipinski definition) is 1. The quantitative estimate of drug-likeness (QED) is 0.678. The number of benzene rings is 2. The van der Waals surface area contributed by atoms with E-state index in [1.165, 1.54) is 30.3 Å². The van der Waals surface area contributed by atoms with Gasteiger partial charge in [-0.15, -0.1) is 0 Å². The lowest BCUT2D eigenvalue weighted by Crippen LogP contribution is -1.92. The summed E-state index contributed by atoms with van der Waals surface area (Å²) in [5, 5.41) is 19.7. The van der Waals surface area contributed by atoms with E-state index in [0.717, 1.165) is 6.07 Å². The van der Waals surface area contributed by atoms with Crippen LogP contribution in [0.25, 0.3) is 0 Å². The van der Waals surface area contributed by atoms with Crippen LogP contribution in [0.3, 0.4) is 0 Å². The molecule has 5 nitrogen and oxygen atoms in total. The first-order valence-electron chi connectivity index (χ1n) is 5.51. The third-order valence-corrected chi connectivity index (χ3v) is 2.87. The molecule has 7 heteroatoms. The molecule has 0 spiro atoms. The zero-order chi connectivity index (χ0) is 14.7. The van der Waals surface area contributed by atoms with Crippen LogP contribution >= 0.6 is 15.9 Å². The molecule has 0 aliphatic rings. The molecule has 0 atom stereocenters. The Hall–Kier alpha value is -1.99. The van der Waals surface area contributed by atoms with Crippen LogP contribution in [0.5, 0.6) is 11.5 Å². The first-order chi connectivity index (χ1) is 9.47. The molecule has 104 valence electrons. The molecule has 0 saturated heterocycles. The number of hydrogen-bond acceptors (Lipinski definition) is 4. The molecule has 0 aliphatic carbocycles. The third kappa shape index (κ3) is 3.52. The van der Waals surface area contributed by atoms with Crippen molar-refractivity contribution in [2.24, 2.45) is 0 Å². The standard InChI is InChI=1S/C13H9BrFNO4/c14-9-3-11(16(18)19)6-13(4-9)20-12-2-8(7-17)1-10(15)5-12/h1-6,17H,7H2. The Bertz CT molecular complexity index is 663. The zero-order valence-corrected chi connectivity index (χ0v) is 11.6. The van der Waals surface area contributed by atoms with E-state index in [-0.39, 0.29) is 23.8 Å². The lowest BCUT2D eigenvalue weighted by Gasteiger charge is -2.08. The average molecular weight is 342 g/mol. The number of rotatable bonds is 4. The van der Waals surface area contributed by atoms with Crippen molar-refractivity contribution in [3.8, 4) is 11.5 Å². The van der Waals surface area contributed by atoms with Gasteiger partial charge in [-0.2, -0.15) is 0 Å². The van der Waals surface area contributed by atoms with E-state index in [1.54, 1.807) is 0 Å². The van der Waals surface area contributed by atoms with Gasteiger partial charge in [-0.3, -0.25) is 10.1 Å². The highest BCUT2D eigenvalue weighted by atomic mass is 79.9. The van der Waals surface area contributed by atoms with Crippen molar-refractivity contribution in [2.75, 3.05) is 0 Å². The van der Waals surface area contributed by atoms with Crippen molar-refractivity contribution in [3.63, 3.8) is 0 Å². The molecule has 0 aliphatic heterocycles. The molecule has 0 unspecified atom stereocenters. The third-order valence-electron chi connectivity index (χ3n) is 2.42. The molecule has 0 fully saturated rings. The topological polar surface area (TPSA) is 72.6 Å². The van der Waals surface area contributed by atoms with Crippen molar-refractivity contribution in [1.82, 2.24) is 0 Å². The molecule has 20 heavy (non-hydrogen) atoms. The number of halogens is 2. The van der Waals surface area contributed by atoms with Crippen LogP contribution in [0, 0.1) is 15.9 Å². The van der Waals surface area contributed by atoms with Crippen molar-refractivity contribution in [2.45, 2.75) is 6.61 Å². The number of aliphatic hydroxyl groups is 1. The summed E-state index contributed by atoms with van der Waals surface area (Å²) in [5.41, 5.74) is 0.206. The molecule has 0 amide bonds. The summed E-state index contributed by atoms with van der Waals surface area (Å²) in [6.07, 6.45) is 0. The average Bonchev–Trinajstić information content (AvgIpc) is 2.37. The van der Waals surface area contributed by atoms with Gasteiger partial charge in [-0.1, -0.05) is 15.9 Å². The molecule has 2 aromatic rings. The summed E-state index contributed by atoms with van der Waals surface area (Å²) < 4.78 is 19.2. The van der Waals surface area contributed by atoms with E-state index in [1.807, 2.05) is 0 Å². The number of aliphatic hydroxyl groups excluding tert-OH is 1. The summed E-state index contributed by atoms with van der Waals surface area (Å²) in [4.78, 5) is 10.2. The van der Waals surface area contributed by atoms with Gasteiger partial charge in [0.15, 0.2) is 0 Å². The minimum absolute atomic E-state index is 0.145. The van der Waals surface area contributed by atoms with E-state index in [2.05, 4.69) is 15.9 Å². The predicted molar refractivity (Wildman–Crippen MR) is 73.2 cm³/mol. The molecule has 1 N–H and O–H groups in total. The predicted octanol–water partition coefficient (Wildman–Crippen LogP) is 3.78. The maximum atomic E-state index is 13.3. The molecular formula is C13H9BrFNO4. The molecule has 2 aromatic carbocycles. The van der Waals surface area contributed by atoms with Gasteiger partial charge in [0.25, 0.3) is 5.69 Å². The molecule has 2 rings (SSSR count). The second kappa shape index (κ2) is 5.98. The van der Waals surface area contributed by atoms with Crippen molar-refractivity contribution in [1.29, 1.82) is 0 Å². The second-order valence-corrected chi connectivity index (χ2v) is 4.87. The second-order valence-electron chi connectivity index (χ2n) is 3.96. The smallest absolute Gasteiger partial charge is 0.274 e. The maximum absolute atomic E-state index is 13.3. The summed E-state index contributed by atoms with van der Waals surface area (Å²) in [6, 6.07) is 7.85. The Balaban J connectivity index is 2.34. The van der Waals surface area contributed by atoms with Gasteiger partial charge in [-0.05, 0) is 23.8 Å². The Labute approximate surface area is 121 Å². The summed E-state index contributed by atoms with van der Waals surface area (Å²) in [7, 11) is 0. The van der Waals surface area contributed by atoms with Gasteiger partial charge in [0.1, 0.15) is 17.3 Å². The van der Waals surface area contributed by atoms with Gasteiger partial charge < -0.3 is 9.84 Å². The number of nitro benzene ring substituents is 1. The first-order valence-corrected chi connectivity index (χ1v) is 6.30. The number of nitrogens with zero attached hydrogens (tertiary/aromatic N) is 1. The van der Waals surface area contributed by atoms with E-state index in [4.69, 9.17) is 9.84 Å². The van der Waals surface area contributed by atoms with Crippen LogP contribution in [-0.2, 0) is 6.61 Å². The van der Waals surface area contributed by atoms with Gasteiger partial charge in [0, 0.05) is 16.6 Å². The molecule has 0 saturated carbocycles. The van der Waals surface area contributed by atoms with Gasteiger partial charge in [-0.25, -0.2) is 4.39 Å². The molecule has 0 aromatic heterocycles. The molecule has 0 heterocycles. The Morgan fingerprint density at radius 1 is 1.20 bits per heavy atom.